The van der Waals surface area contributed by atoms with E-state index in [0.29, 0.717) is 17.9 Å². The fraction of sp³-hybridized carbons (Fsp3) is 0.471. The maximum absolute atomic E-state index is 13.5. The first kappa shape index (κ1) is 18.0. The quantitative estimate of drug-likeness (QED) is 0.784. The Balaban J connectivity index is 1.94. The van der Waals surface area contributed by atoms with E-state index in [9.17, 15) is 12.8 Å². The Kier molecular flexibility index (Phi) is 5.21. The lowest BCUT2D eigenvalue weighted by Gasteiger charge is -2.24. The molecule has 8 heteroatoms. The molecule has 136 valence electrons. The SMILES string of the molecule is Cc1noc(C)c1S(=O)(=O)N(Cc1cccc(F)c1)CC1CCCO1. The zero-order chi connectivity index (χ0) is 18.0. The number of rotatable bonds is 6. The summed E-state index contributed by atoms with van der Waals surface area (Å²) in [6.45, 7) is 4.06. The van der Waals surface area contributed by atoms with Gasteiger partial charge in [0.1, 0.15) is 16.4 Å². The second-order valence-corrected chi connectivity index (χ2v) is 8.09. The third-order valence-corrected chi connectivity index (χ3v) is 6.30. The Bertz CT molecular complexity index is 825. The number of halogens is 1. The van der Waals surface area contributed by atoms with Gasteiger partial charge in [-0.25, -0.2) is 12.8 Å². The summed E-state index contributed by atoms with van der Waals surface area (Å²) in [7, 11) is -3.84. The monoisotopic (exact) mass is 368 g/mol. The average molecular weight is 368 g/mol. The number of ether oxygens (including phenoxy) is 1. The summed E-state index contributed by atoms with van der Waals surface area (Å²) in [5.74, 6) is -0.154. The molecule has 0 amide bonds. The van der Waals surface area contributed by atoms with Gasteiger partial charge in [-0.2, -0.15) is 4.31 Å². The molecular weight excluding hydrogens is 347 g/mol. The van der Waals surface area contributed by atoms with Crippen LogP contribution >= 0.6 is 0 Å². The van der Waals surface area contributed by atoms with Crippen LogP contribution in [0.3, 0.4) is 0 Å². The van der Waals surface area contributed by atoms with Crippen molar-refractivity contribution < 1.29 is 22.1 Å². The van der Waals surface area contributed by atoms with Crippen molar-refractivity contribution in [1.82, 2.24) is 9.46 Å². The predicted molar refractivity (Wildman–Crippen MR) is 88.9 cm³/mol. The Morgan fingerprint density at radius 3 is 2.76 bits per heavy atom. The van der Waals surface area contributed by atoms with Gasteiger partial charge in [0.05, 0.1) is 6.10 Å². The van der Waals surface area contributed by atoms with Crippen LogP contribution in [0.4, 0.5) is 4.39 Å². The lowest BCUT2D eigenvalue weighted by atomic mass is 10.2. The Morgan fingerprint density at radius 1 is 1.36 bits per heavy atom. The van der Waals surface area contributed by atoms with E-state index in [-0.39, 0.29) is 29.8 Å². The van der Waals surface area contributed by atoms with Crippen LogP contribution in [0.15, 0.2) is 33.7 Å². The number of nitrogens with zero attached hydrogens (tertiary/aromatic N) is 2. The van der Waals surface area contributed by atoms with Gasteiger partial charge in [-0.15, -0.1) is 0 Å². The lowest BCUT2D eigenvalue weighted by molar-refractivity contribution is 0.0925. The third kappa shape index (κ3) is 3.91. The molecule has 6 nitrogen and oxygen atoms in total. The van der Waals surface area contributed by atoms with E-state index in [1.54, 1.807) is 26.0 Å². The molecule has 1 aliphatic rings. The summed E-state index contributed by atoms with van der Waals surface area (Å²) < 4.78 is 51.8. The van der Waals surface area contributed by atoms with E-state index in [0.717, 1.165) is 12.8 Å². The molecule has 2 aromatic rings. The summed E-state index contributed by atoms with van der Waals surface area (Å²) in [4.78, 5) is 0.0712. The van der Waals surface area contributed by atoms with Crippen LogP contribution in [-0.2, 0) is 21.3 Å². The molecule has 0 N–H and O–H groups in total. The molecule has 1 aromatic heterocycles. The number of hydrogen-bond donors (Lipinski definition) is 0. The molecule has 0 saturated carbocycles. The van der Waals surface area contributed by atoms with E-state index < -0.39 is 15.8 Å². The van der Waals surface area contributed by atoms with Gasteiger partial charge < -0.3 is 9.26 Å². The predicted octanol–water partition coefficient (Wildman–Crippen LogP) is 2.80. The number of sulfonamides is 1. The van der Waals surface area contributed by atoms with E-state index in [1.807, 2.05) is 0 Å². The number of benzene rings is 1. The van der Waals surface area contributed by atoms with Crippen LogP contribution < -0.4 is 0 Å². The molecule has 1 aliphatic heterocycles. The number of aryl methyl sites for hydroxylation is 2. The molecule has 2 heterocycles. The normalized spacial score (nSPS) is 18.2. The van der Waals surface area contributed by atoms with Gasteiger partial charge in [-0.05, 0) is 44.4 Å². The molecule has 1 saturated heterocycles. The van der Waals surface area contributed by atoms with Crippen molar-refractivity contribution in [1.29, 1.82) is 0 Å². The first-order chi connectivity index (χ1) is 11.9. The number of hydrogen-bond acceptors (Lipinski definition) is 5. The van der Waals surface area contributed by atoms with E-state index >= 15 is 0 Å². The van der Waals surface area contributed by atoms with Crippen molar-refractivity contribution in [2.45, 2.75) is 44.2 Å². The molecule has 25 heavy (non-hydrogen) atoms. The van der Waals surface area contributed by atoms with Crippen molar-refractivity contribution in [2.75, 3.05) is 13.2 Å². The highest BCUT2D eigenvalue weighted by Crippen LogP contribution is 2.26. The molecule has 0 aliphatic carbocycles. The summed E-state index contributed by atoms with van der Waals surface area (Å²) in [6.07, 6.45) is 1.55. The van der Waals surface area contributed by atoms with Crippen LogP contribution in [0.25, 0.3) is 0 Å². The van der Waals surface area contributed by atoms with E-state index in [2.05, 4.69) is 5.16 Å². The summed E-state index contributed by atoms with van der Waals surface area (Å²) >= 11 is 0. The molecule has 0 radical (unpaired) electrons. The minimum atomic E-state index is -3.84. The van der Waals surface area contributed by atoms with Crippen LogP contribution in [0.5, 0.6) is 0 Å². The van der Waals surface area contributed by atoms with Crippen molar-refractivity contribution >= 4 is 10.0 Å². The first-order valence-electron chi connectivity index (χ1n) is 8.17. The van der Waals surface area contributed by atoms with Gasteiger partial charge in [-0.3, -0.25) is 0 Å². The molecule has 1 atom stereocenters. The van der Waals surface area contributed by atoms with Crippen molar-refractivity contribution in [3.63, 3.8) is 0 Å². The summed E-state index contributed by atoms with van der Waals surface area (Å²) in [5, 5.41) is 3.75. The van der Waals surface area contributed by atoms with Crippen LogP contribution in [0, 0.1) is 19.7 Å². The zero-order valence-electron chi connectivity index (χ0n) is 14.2. The fourth-order valence-corrected chi connectivity index (χ4v) is 4.82. The zero-order valence-corrected chi connectivity index (χ0v) is 15.1. The molecule has 0 spiro atoms. The van der Waals surface area contributed by atoms with Gasteiger partial charge >= 0.3 is 0 Å². The largest absolute Gasteiger partial charge is 0.377 e. The highest BCUT2D eigenvalue weighted by molar-refractivity contribution is 7.89. The Hall–Kier alpha value is -1.77. The highest BCUT2D eigenvalue weighted by atomic mass is 32.2. The standard InChI is InChI=1S/C17H21FN2O4S/c1-12-17(13(2)24-19-12)25(21,22)20(11-16-7-4-8-23-16)10-14-5-3-6-15(18)9-14/h3,5-6,9,16H,4,7-8,10-11H2,1-2H3. The van der Waals surface area contributed by atoms with Crippen molar-refractivity contribution in [3.05, 3.63) is 47.1 Å². The second-order valence-electron chi connectivity index (χ2n) is 6.22. The maximum atomic E-state index is 13.5. The number of aromatic nitrogens is 1. The molecule has 0 bridgehead atoms. The first-order valence-corrected chi connectivity index (χ1v) is 9.61. The summed E-state index contributed by atoms with van der Waals surface area (Å²) in [5.41, 5.74) is 0.891. The van der Waals surface area contributed by atoms with Crippen LogP contribution in [0.1, 0.15) is 29.9 Å². The Morgan fingerprint density at radius 2 is 2.16 bits per heavy atom. The Labute approximate surface area is 146 Å². The van der Waals surface area contributed by atoms with Crippen molar-refractivity contribution in [3.8, 4) is 0 Å². The van der Waals surface area contributed by atoms with E-state index in [4.69, 9.17) is 9.26 Å². The van der Waals surface area contributed by atoms with Crippen LogP contribution in [0.2, 0.25) is 0 Å². The van der Waals surface area contributed by atoms with Gasteiger partial charge in [0.15, 0.2) is 5.76 Å². The van der Waals surface area contributed by atoms with Gasteiger partial charge in [0.2, 0.25) is 10.0 Å². The van der Waals surface area contributed by atoms with Crippen LogP contribution in [-0.4, -0.2) is 37.1 Å². The second kappa shape index (κ2) is 7.23. The smallest absolute Gasteiger partial charge is 0.248 e. The van der Waals surface area contributed by atoms with Gasteiger partial charge in [0, 0.05) is 19.7 Å². The lowest BCUT2D eigenvalue weighted by Crippen LogP contribution is -2.37. The highest BCUT2D eigenvalue weighted by Gasteiger charge is 2.33. The van der Waals surface area contributed by atoms with Gasteiger partial charge in [0.25, 0.3) is 0 Å². The summed E-state index contributed by atoms with van der Waals surface area (Å²) in [6, 6.07) is 5.94. The minimum Gasteiger partial charge on any atom is -0.377 e. The average Bonchev–Trinajstić information content (AvgIpc) is 3.17. The molecule has 1 unspecified atom stereocenters. The molecule has 1 aromatic carbocycles. The molecular formula is C17H21FN2O4S. The minimum absolute atomic E-state index is 0.0595. The van der Waals surface area contributed by atoms with Crippen molar-refractivity contribution in [2.24, 2.45) is 0 Å². The topological polar surface area (TPSA) is 72.6 Å². The fourth-order valence-electron chi connectivity index (χ4n) is 3.07. The van der Waals surface area contributed by atoms with Gasteiger partial charge in [-0.1, -0.05) is 17.3 Å². The molecule has 3 rings (SSSR count). The third-order valence-electron chi connectivity index (χ3n) is 4.24. The van der Waals surface area contributed by atoms with E-state index in [1.165, 1.54) is 16.4 Å². The molecule has 1 fully saturated rings. The maximum Gasteiger partial charge on any atom is 0.248 e.